The third-order valence-electron chi connectivity index (χ3n) is 6.52. The highest BCUT2D eigenvalue weighted by molar-refractivity contribution is 6.04. The lowest BCUT2D eigenvalue weighted by molar-refractivity contribution is -0.139. The highest BCUT2D eigenvalue weighted by Crippen LogP contribution is 2.32. The van der Waals surface area contributed by atoms with E-state index in [0.717, 1.165) is 12.8 Å². The second-order valence-electron chi connectivity index (χ2n) is 9.08. The molecule has 9 nitrogen and oxygen atoms in total. The molecular weight excluding hydrogens is 488 g/mol. The molecule has 0 unspecified atom stereocenters. The van der Waals surface area contributed by atoms with Crippen LogP contribution in [-0.2, 0) is 14.4 Å². The van der Waals surface area contributed by atoms with Crippen LogP contribution in [-0.4, -0.2) is 46.3 Å². The summed E-state index contributed by atoms with van der Waals surface area (Å²) in [5, 5.41) is 31.2. The van der Waals surface area contributed by atoms with E-state index in [1.54, 1.807) is 35.2 Å². The van der Waals surface area contributed by atoms with Gasteiger partial charge in [0.2, 0.25) is 5.91 Å². The number of nitrogens with zero attached hydrogens (tertiary/aromatic N) is 1. The van der Waals surface area contributed by atoms with E-state index in [1.165, 1.54) is 18.2 Å². The summed E-state index contributed by atoms with van der Waals surface area (Å²) in [6, 6.07) is 9.10. The van der Waals surface area contributed by atoms with E-state index in [2.05, 4.69) is 19.2 Å². The van der Waals surface area contributed by atoms with Gasteiger partial charge in [-0.25, -0.2) is 4.79 Å². The SMILES string of the molecule is CCC(CC)CN(C(=O)/C=C/c1ccc(O)c(O)c1)c1ccc(OCC(=O)O)c(NC(=O)C(CC)CC)c1. The first-order chi connectivity index (χ1) is 18.1. The largest absolute Gasteiger partial charge is 0.504 e. The number of ether oxygens (including phenoxy) is 1. The summed E-state index contributed by atoms with van der Waals surface area (Å²) in [6.07, 6.45) is 5.92. The molecular formula is C29H38N2O7. The molecule has 0 aliphatic carbocycles. The molecule has 0 fully saturated rings. The number of benzene rings is 2. The number of hydrogen-bond acceptors (Lipinski definition) is 6. The van der Waals surface area contributed by atoms with E-state index >= 15 is 0 Å². The Bertz CT molecular complexity index is 1140. The predicted octanol–water partition coefficient (Wildman–Crippen LogP) is 5.42. The van der Waals surface area contributed by atoms with Gasteiger partial charge in [-0.05, 0) is 60.7 Å². The average molecular weight is 527 g/mol. The van der Waals surface area contributed by atoms with Crippen molar-refractivity contribution in [3.8, 4) is 17.2 Å². The number of phenolic OH excluding ortho intramolecular Hbond substituents is 2. The van der Waals surface area contributed by atoms with Gasteiger partial charge in [0.15, 0.2) is 18.1 Å². The van der Waals surface area contributed by atoms with Crippen LogP contribution in [0.4, 0.5) is 11.4 Å². The minimum absolute atomic E-state index is 0.195. The Hall–Kier alpha value is -4.01. The Balaban J connectivity index is 2.48. The second kappa shape index (κ2) is 14.7. The lowest BCUT2D eigenvalue weighted by atomic mass is 10.0. The van der Waals surface area contributed by atoms with E-state index in [0.29, 0.717) is 30.6 Å². The van der Waals surface area contributed by atoms with Gasteiger partial charge in [0.25, 0.3) is 5.91 Å². The zero-order valence-electron chi connectivity index (χ0n) is 22.4. The van der Waals surface area contributed by atoms with Crippen molar-refractivity contribution in [3.05, 3.63) is 48.0 Å². The van der Waals surface area contributed by atoms with E-state index in [9.17, 15) is 24.6 Å². The fraction of sp³-hybridized carbons (Fsp3) is 0.414. The molecule has 2 aromatic carbocycles. The van der Waals surface area contributed by atoms with E-state index in [-0.39, 0.29) is 46.6 Å². The summed E-state index contributed by atoms with van der Waals surface area (Å²) in [5.74, 6) is -2.03. The Kier molecular flexibility index (Phi) is 11.7. The number of anilines is 2. The highest BCUT2D eigenvalue weighted by Gasteiger charge is 2.22. The minimum Gasteiger partial charge on any atom is -0.504 e. The van der Waals surface area contributed by atoms with Gasteiger partial charge in [-0.2, -0.15) is 0 Å². The van der Waals surface area contributed by atoms with Crippen molar-refractivity contribution < 1.29 is 34.4 Å². The number of amides is 2. The van der Waals surface area contributed by atoms with Gasteiger partial charge in [-0.3, -0.25) is 9.59 Å². The van der Waals surface area contributed by atoms with E-state index in [4.69, 9.17) is 9.84 Å². The van der Waals surface area contributed by atoms with Crippen LogP contribution in [0, 0.1) is 11.8 Å². The zero-order valence-corrected chi connectivity index (χ0v) is 22.4. The van der Waals surface area contributed by atoms with Crippen LogP contribution in [0.2, 0.25) is 0 Å². The summed E-state index contributed by atoms with van der Waals surface area (Å²) in [5.41, 5.74) is 1.34. The van der Waals surface area contributed by atoms with Crippen LogP contribution < -0.4 is 15.0 Å². The highest BCUT2D eigenvalue weighted by atomic mass is 16.5. The maximum Gasteiger partial charge on any atom is 0.341 e. The topological polar surface area (TPSA) is 136 Å². The van der Waals surface area contributed by atoms with Crippen LogP contribution in [0.15, 0.2) is 42.5 Å². The van der Waals surface area contributed by atoms with Crippen LogP contribution in [0.25, 0.3) is 6.08 Å². The Morgan fingerprint density at radius 1 is 0.947 bits per heavy atom. The van der Waals surface area contributed by atoms with Crippen molar-refractivity contribution in [2.24, 2.45) is 11.8 Å². The molecule has 0 bridgehead atoms. The summed E-state index contributed by atoms with van der Waals surface area (Å²) in [7, 11) is 0. The molecule has 38 heavy (non-hydrogen) atoms. The standard InChI is InChI=1S/C29H38N2O7/c1-5-19(6-2)17-31(27(34)14-10-20-9-12-24(32)25(33)15-20)22-11-13-26(38-18-28(35)36)23(16-22)30-29(37)21(7-3)8-4/h9-16,19,21,32-33H,5-8,17-18H2,1-4H3,(H,30,37)(H,35,36)/b14-10+. The Morgan fingerprint density at radius 3 is 2.21 bits per heavy atom. The normalized spacial score (nSPS) is 11.2. The Morgan fingerprint density at radius 2 is 1.63 bits per heavy atom. The van der Waals surface area contributed by atoms with Crippen molar-refractivity contribution in [1.82, 2.24) is 0 Å². The number of carboxylic acid groups (broad SMARTS) is 1. The third-order valence-corrected chi connectivity index (χ3v) is 6.52. The monoisotopic (exact) mass is 526 g/mol. The fourth-order valence-electron chi connectivity index (χ4n) is 3.97. The minimum atomic E-state index is -1.15. The number of carboxylic acids is 1. The third kappa shape index (κ3) is 8.54. The van der Waals surface area contributed by atoms with Gasteiger partial charge in [0.05, 0.1) is 5.69 Å². The number of carbonyl (C=O) groups excluding carboxylic acids is 2. The van der Waals surface area contributed by atoms with Crippen LogP contribution in [0.3, 0.4) is 0 Å². The number of rotatable bonds is 14. The second-order valence-corrected chi connectivity index (χ2v) is 9.08. The maximum atomic E-state index is 13.4. The predicted molar refractivity (Wildman–Crippen MR) is 148 cm³/mol. The van der Waals surface area contributed by atoms with E-state index < -0.39 is 12.6 Å². The molecule has 0 aliphatic heterocycles. The van der Waals surface area contributed by atoms with Gasteiger partial charge in [0, 0.05) is 24.2 Å². The molecule has 2 aromatic rings. The number of carbonyl (C=O) groups is 3. The van der Waals surface area contributed by atoms with Crippen molar-refractivity contribution in [1.29, 1.82) is 0 Å². The Labute approximate surface area is 223 Å². The summed E-state index contributed by atoms with van der Waals surface area (Å²) in [6.45, 7) is 7.79. The molecule has 4 N–H and O–H groups in total. The molecule has 0 aromatic heterocycles. The molecule has 0 radical (unpaired) electrons. The number of phenols is 2. The number of aliphatic carboxylic acids is 1. The summed E-state index contributed by atoms with van der Waals surface area (Å²) in [4.78, 5) is 38.9. The molecule has 2 rings (SSSR count). The van der Waals surface area contributed by atoms with Crippen molar-refractivity contribution in [2.75, 3.05) is 23.4 Å². The number of aromatic hydroxyl groups is 2. The molecule has 0 atom stereocenters. The van der Waals surface area contributed by atoms with Gasteiger partial charge in [0.1, 0.15) is 5.75 Å². The van der Waals surface area contributed by atoms with Crippen LogP contribution in [0.1, 0.15) is 58.9 Å². The van der Waals surface area contributed by atoms with Crippen LogP contribution >= 0.6 is 0 Å². The first-order valence-electron chi connectivity index (χ1n) is 12.9. The first kappa shape index (κ1) is 30.2. The number of nitrogens with one attached hydrogen (secondary N) is 1. The van der Waals surface area contributed by atoms with E-state index in [1.807, 2.05) is 13.8 Å². The smallest absolute Gasteiger partial charge is 0.341 e. The number of hydrogen-bond donors (Lipinski definition) is 4. The van der Waals surface area contributed by atoms with Crippen molar-refractivity contribution in [2.45, 2.75) is 53.4 Å². The van der Waals surface area contributed by atoms with Gasteiger partial charge < -0.3 is 30.3 Å². The van der Waals surface area contributed by atoms with Crippen LogP contribution in [0.5, 0.6) is 17.2 Å². The first-order valence-corrected chi connectivity index (χ1v) is 12.9. The molecule has 0 saturated carbocycles. The average Bonchev–Trinajstić information content (AvgIpc) is 2.89. The summed E-state index contributed by atoms with van der Waals surface area (Å²) >= 11 is 0. The zero-order chi connectivity index (χ0) is 28.2. The molecule has 0 spiro atoms. The molecule has 2 amide bonds. The van der Waals surface area contributed by atoms with Gasteiger partial charge in [-0.15, -0.1) is 0 Å². The molecule has 206 valence electrons. The van der Waals surface area contributed by atoms with Crippen molar-refractivity contribution >= 4 is 35.2 Å². The molecule has 0 aliphatic rings. The fourth-order valence-corrected chi connectivity index (χ4v) is 3.97. The summed E-state index contributed by atoms with van der Waals surface area (Å²) < 4.78 is 5.42. The van der Waals surface area contributed by atoms with Crippen molar-refractivity contribution in [3.63, 3.8) is 0 Å². The lowest BCUT2D eigenvalue weighted by Gasteiger charge is -2.27. The molecule has 0 saturated heterocycles. The molecule has 0 heterocycles. The molecule has 9 heteroatoms. The van der Waals surface area contributed by atoms with Gasteiger partial charge in [-0.1, -0.05) is 46.6 Å². The van der Waals surface area contributed by atoms with Gasteiger partial charge >= 0.3 is 5.97 Å². The lowest BCUT2D eigenvalue weighted by Crippen LogP contribution is -2.34. The quantitative estimate of drug-likeness (QED) is 0.191. The maximum absolute atomic E-state index is 13.4.